The van der Waals surface area contributed by atoms with Crippen LogP contribution in [0, 0.1) is 0 Å². The van der Waals surface area contributed by atoms with Crippen molar-refractivity contribution < 1.29 is 5.11 Å². The Morgan fingerprint density at radius 3 is 3.07 bits per heavy atom. The number of hydrogen-bond donors (Lipinski definition) is 2. The van der Waals surface area contributed by atoms with E-state index in [0.29, 0.717) is 13.0 Å². The number of rotatable bonds is 2. The summed E-state index contributed by atoms with van der Waals surface area (Å²) in [6, 6.07) is 0. The van der Waals surface area contributed by atoms with Crippen molar-refractivity contribution in [1.29, 1.82) is 0 Å². The average Bonchev–Trinajstić information content (AvgIpc) is 2.57. The lowest BCUT2D eigenvalue weighted by atomic mass is 9.94. The summed E-state index contributed by atoms with van der Waals surface area (Å²) >= 11 is 6.10. The third-order valence-electron chi connectivity index (χ3n) is 3.05. The summed E-state index contributed by atoms with van der Waals surface area (Å²) in [5, 5.41) is 11.1. The first-order valence-electron chi connectivity index (χ1n) is 4.85. The Hall–Kier alpha value is -0.510. The van der Waals surface area contributed by atoms with E-state index >= 15 is 0 Å². The largest absolute Gasteiger partial charge is 0.385 e. The number of nitrogens with zero attached hydrogens (tertiary/aromatic N) is 1. The molecule has 0 aromatic carbocycles. The summed E-state index contributed by atoms with van der Waals surface area (Å²) in [6.45, 7) is 0.502. The molecule has 0 spiro atoms. The highest BCUT2D eigenvalue weighted by atomic mass is 35.5. The van der Waals surface area contributed by atoms with Crippen LogP contribution in [0.4, 0.5) is 0 Å². The predicted molar refractivity (Wildman–Crippen MR) is 56.3 cm³/mol. The molecule has 4 heteroatoms. The molecule has 0 radical (unpaired) electrons. The van der Waals surface area contributed by atoms with Crippen LogP contribution in [0.3, 0.4) is 0 Å². The highest BCUT2D eigenvalue weighted by Crippen LogP contribution is 2.42. The third-order valence-corrected chi connectivity index (χ3v) is 3.55. The monoisotopic (exact) mass is 214 g/mol. The Kier molecular flexibility index (Phi) is 2.33. The lowest BCUT2D eigenvalue weighted by Gasteiger charge is -2.21. The minimum absolute atomic E-state index is 0.502. The molecule has 0 saturated heterocycles. The fraction of sp³-hybridized carbons (Fsp3) is 0.600. The summed E-state index contributed by atoms with van der Waals surface area (Å²) in [5.41, 5.74) is 6.81. The van der Waals surface area contributed by atoms with Gasteiger partial charge in [-0.3, -0.25) is 0 Å². The maximum absolute atomic E-state index is 10.3. The minimum atomic E-state index is -0.741. The second-order valence-electron chi connectivity index (χ2n) is 3.99. The Morgan fingerprint density at radius 1 is 1.71 bits per heavy atom. The highest BCUT2D eigenvalue weighted by Gasteiger charge is 2.38. The molecule has 1 aromatic rings. The van der Waals surface area contributed by atoms with Gasteiger partial charge in [0.2, 0.25) is 0 Å². The van der Waals surface area contributed by atoms with E-state index in [9.17, 15) is 5.11 Å². The van der Waals surface area contributed by atoms with Crippen LogP contribution in [0.15, 0.2) is 6.20 Å². The van der Waals surface area contributed by atoms with Crippen molar-refractivity contribution in [2.75, 3.05) is 6.54 Å². The predicted octanol–water partition coefficient (Wildman–Crippen LogP) is 1.16. The average molecular weight is 215 g/mol. The molecular weight excluding hydrogens is 200 g/mol. The molecule has 0 bridgehead atoms. The van der Waals surface area contributed by atoms with Crippen LogP contribution in [0.25, 0.3) is 0 Å². The smallest absolute Gasteiger partial charge is 0.112 e. The molecule has 0 amide bonds. The van der Waals surface area contributed by atoms with Crippen molar-refractivity contribution in [1.82, 2.24) is 4.57 Å². The molecule has 1 atom stereocenters. The van der Waals surface area contributed by atoms with Gasteiger partial charge in [0.15, 0.2) is 0 Å². The van der Waals surface area contributed by atoms with E-state index in [4.69, 9.17) is 17.3 Å². The molecule has 0 saturated carbocycles. The standard InChI is InChI=1S/C10H15ClN2O/c1-13-6-8-7(9(13)11)2-3-10(8,14)4-5-12/h6,14H,2-5,12H2,1H3. The molecule has 14 heavy (non-hydrogen) atoms. The fourth-order valence-electron chi connectivity index (χ4n) is 2.26. The van der Waals surface area contributed by atoms with Gasteiger partial charge < -0.3 is 15.4 Å². The van der Waals surface area contributed by atoms with E-state index in [1.807, 2.05) is 17.8 Å². The van der Waals surface area contributed by atoms with Crippen molar-refractivity contribution in [2.45, 2.75) is 24.9 Å². The first-order valence-corrected chi connectivity index (χ1v) is 5.23. The first-order chi connectivity index (χ1) is 6.58. The van der Waals surface area contributed by atoms with Crippen molar-refractivity contribution >= 4 is 11.6 Å². The molecule has 2 rings (SSSR count). The Morgan fingerprint density at radius 2 is 2.43 bits per heavy atom. The number of aliphatic hydroxyl groups is 1. The van der Waals surface area contributed by atoms with Crippen molar-refractivity contribution in [3.05, 3.63) is 22.5 Å². The molecule has 1 aromatic heterocycles. The van der Waals surface area contributed by atoms with Crippen LogP contribution in [0.1, 0.15) is 24.0 Å². The van der Waals surface area contributed by atoms with Gasteiger partial charge in [0.05, 0.1) is 5.60 Å². The minimum Gasteiger partial charge on any atom is -0.385 e. The van der Waals surface area contributed by atoms with Crippen molar-refractivity contribution in [3.8, 4) is 0 Å². The SMILES string of the molecule is Cn1cc2c(c1Cl)CCC2(O)CCN. The number of aryl methyl sites for hydroxylation is 1. The normalized spacial score (nSPS) is 25.4. The summed E-state index contributed by atoms with van der Waals surface area (Å²) < 4.78 is 1.85. The van der Waals surface area contributed by atoms with Gasteiger partial charge in [-0.2, -0.15) is 0 Å². The number of hydrogen-bond acceptors (Lipinski definition) is 2. The van der Waals surface area contributed by atoms with Gasteiger partial charge >= 0.3 is 0 Å². The topological polar surface area (TPSA) is 51.2 Å². The van der Waals surface area contributed by atoms with Gasteiger partial charge in [-0.1, -0.05) is 11.6 Å². The summed E-state index contributed by atoms with van der Waals surface area (Å²) in [4.78, 5) is 0. The molecule has 0 aliphatic heterocycles. The molecule has 78 valence electrons. The van der Waals surface area contributed by atoms with Crippen LogP contribution >= 0.6 is 11.6 Å². The zero-order chi connectivity index (χ0) is 10.3. The van der Waals surface area contributed by atoms with Crippen LogP contribution in [-0.2, 0) is 19.1 Å². The van der Waals surface area contributed by atoms with E-state index in [1.54, 1.807) is 0 Å². The lowest BCUT2D eigenvalue weighted by molar-refractivity contribution is 0.0317. The van der Waals surface area contributed by atoms with E-state index in [0.717, 1.165) is 29.1 Å². The van der Waals surface area contributed by atoms with Gasteiger partial charge in [0.1, 0.15) is 5.15 Å². The van der Waals surface area contributed by atoms with Gasteiger partial charge in [-0.25, -0.2) is 0 Å². The summed E-state index contributed by atoms with van der Waals surface area (Å²) in [7, 11) is 1.89. The fourth-order valence-corrected chi connectivity index (χ4v) is 2.50. The Bertz CT molecular complexity index is 361. The molecule has 1 heterocycles. The molecule has 1 aliphatic rings. The number of halogens is 1. The quantitative estimate of drug-likeness (QED) is 0.777. The zero-order valence-electron chi connectivity index (χ0n) is 8.26. The van der Waals surface area contributed by atoms with Crippen molar-refractivity contribution in [2.24, 2.45) is 12.8 Å². The Labute approximate surface area is 88.5 Å². The lowest BCUT2D eigenvalue weighted by Crippen LogP contribution is -2.25. The number of fused-ring (bicyclic) bond motifs is 1. The maximum atomic E-state index is 10.3. The molecule has 0 fully saturated rings. The van der Waals surface area contributed by atoms with E-state index in [-0.39, 0.29) is 0 Å². The summed E-state index contributed by atoms with van der Waals surface area (Å²) in [5.74, 6) is 0. The first kappa shape index (κ1) is 10.0. The second-order valence-corrected chi connectivity index (χ2v) is 4.35. The highest BCUT2D eigenvalue weighted by molar-refractivity contribution is 6.30. The number of nitrogens with two attached hydrogens (primary N) is 1. The zero-order valence-corrected chi connectivity index (χ0v) is 9.01. The van der Waals surface area contributed by atoms with Crippen LogP contribution in [0.2, 0.25) is 5.15 Å². The van der Waals surface area contributed by atoms with Crippen LogP contribution < -0.4 is 5.73 Å². The maximum Gasteiger partial charge on any atom is 0.112 e. The van der Waals surface area contributed by atoms with E-state index in [2.05, 4.69) is 0 Å². The molecule has 3 N–H and O–H groups in total. The van der Waals surface area contributed by atoms with E-state index < -0.39 is 5.60 Å². The van der Waals surface area contributed by atoms with E-state index in [1.165, 1.54) is 0 Å². The van der Waals surface area contributed by atoms with Gasteiger partial charge in [0, 0.05) is 18.8 Å². The molecule has 1 unspecified atom stereocenters. The molecule has 1 aliphatic carbocycles. The molecule has 3 nitrogen and oxygen atoms in total. The second kappa shape index (κ2) is 3.26. The number of aromatic nitrogens is 1. The van der Waals surface area contributed by atoms with Crippen molar-refractivity contribution in [3.63, 3.8) is 0 Å². The van der Waals surface area contributed by atoms with Gasteiger partial charge in [0.25, 0.3) is 0 Å². The summed E-state index contributed by atoms with van der Waals surface area (Å²) in [6.07, 6.45) is 4.13. The third kappa shape index (κ3) is 1.28. The van der Waals surface area contributed by atoms with Crippen LogP contribution in [0.5, 0.6) is 0 Å². The Balaban J connectivity index is 2.43. The van der Waals surface area contributed by atoms with Gasteiger partial charge in [-0.05, 0) is 31.4 Å². The van der Waals surface area contributed by atoms with Gasteiger partial charge in [-0.15, -0.1) is 0 Å². The molecular formula is C10H15ClN2O. The van der Waals surface area contributed by atoms with Crippen LogP contribution in [-0.4, -0.2) is 16.2 Å².